The van der Waals surface area contributed by atoms with Gasteiger partial charge in [0, 0.05) is 24.9 Å². The summed E-state index contributed by atoms with van der Waals surface area (Å²) in [6.45, 7) is 2.10. The van der Waals surface area contributed by atoms with E-state index in [1.165, 1.54) is 18.9 Å². The van der Waals surface area contributed by atoms with Crippen molar-refractivity contribution < 1.29 is 23.7 Å². The van der Waals surface area contributed by atoms with Gasteiger partial charge in [0.15, 0.2) is 11.5 Å². The summed E-state index contributed by atoms with van der Waals surface area (Å²) in [7, 11) is 1.57. The van der Waals surface area contributed by atoms with Crippen molar-refractivity contribution in [1.82, 2.24) is 10.3 Å². The van der Waals surface area contributed by atoms with Crippen molar-refractivity contribution in [2.24, 2.45) is 5.92 Å². The highest BCUT2D eigenvalue weighted by atomic mass is 16.6. The zero-order valence-electron chi connectivity index (χ0n) is 16.3. The summed E-state index contributed by atoms with van der Waals surface area (Å²) in [6, 6.07) is 7.37. The minimum absolute atomic E-state index is 0.201. The summed E-state index contributed by atoms with van der Waals surface area (Å²) in [5.74, 6) is 2.91. The van der Waals surface area contributed by atoms with Gasteiger partial charge in [-0.1, -0.05) is 6.07 Å². The van der Waals surface area contributed by atoms with Crippen LogP contribution in [0.1, 0.15) is 24.0 Å². The second-order valence-electron chi connectivity index (χ2n) is 7.06. The Labute approximate surface area is 169 Å². The van der Waals surface area contributed by atoms with E-state index in [2.05, 4.69) is 10.3 Å². The van der Waals surface area contributed by atoms with Crippen molar-refractivity contribution >= 4 is 12.0 Å². The third kappa shape index (κ3) is 5.19. The van der Waals surface area contributed by atoms with Gasteiger partial charge in [0.2, 0.25) is 17.5 Å². The van der Waals surface area contributed by atoms with Crippen molar-refractivity contribution in [2.75, 3.05) is 26.9 Å². The summed E-state index contributed by atoms with van der Waals surface area (Å²) in [4.78, 5) is 16.4. The van der Waals surface area contributed by atoms with E-state index >= 15 is 0 Å². The normalized spacial score (nSPS) is 15.2. The highest BCUT2D eigenvalue weighted by molar-refractivity contribution is 5.91. The van der Waals surface area contributed by atoms with E-state index in [0.29, 0.717) is 48.8 Å². The number of nitrogens with zero attached hydrogens (tertiary/aromatic N) is 1. The standard InChI is InChI=1S/C22H24N2O5/c1-26-18-10-16(11-19-22(18)28-9-8-27-19)4-6-20(25)23-12-17-5-7-21(24-13-17)29-14-15-2-3-15/h4-7,10-11,13,15H,2-3,8-9,12,14H2,1H3,(H,23,25)/b6-4+. The molecule has 29 heavy (non-hydrogen) atoms. The minimum Gasteiger partial charge on any atom is -0.493 e. The molecule has 0 atom stereocenters. The van der Waals surface area contributed by atoms with Crippen LogP contribution in [0.2, 0.25) is 0 Å². The zero-order chi connectivity index (χ0) is 20.1. The fourth-order valence-electron chi connectivity index (χ4n) is 2.90. The highest BCUT2D eigenvalue weighted by Crippen LogP contribution is 2.40. The lowest BCUT2D eigenvalue weighted by Gasteiger charge is -2.20. The van der Waals surface area contributed by atoms with E-state index < -0.39 is 0 Å². The van der Waals surface area contributed by atoms with E-state index in [9.17, 15) is 4.79 Å². The minimum atomic E-state index is -0.201. The number of methoxy groups -OCH3 is 1. The Morgan fingerprint density at radius 3 is 2.90 bits per heavy atom. The predicted molar refractivity (Wildman–Crippen MR) is 107 cm³/mol. The Balaban J connectivity index is 1.30. The van der Waals surface area contributed by atoms with E-state index in [1.54, 1.807) is 19.4 Å². The molecule has 0 unspecified atom stereocenters. The van der Waals surface area contributed by atoms with E-state index in [1.807, 2.05) is 24.3 Å². The number of hydrogen-bond acceptors (Lipinski definition) is 6. The maximum atomic E-state index is 12.2. The van der Waals surface area contributed by atoms with Gasteiger partial charge in [0.05, 0.1) is 13.7 Å². The summed E-state index contributed by atoms with van der Waals surface area (Å²) in [5, 5.41) is 2.85. The number of pyridine rings is 1. The molecule has 1 N–H and O–H groups in total. The monoisotopic (exact) mass is 396 g/mol. The van der Waals surface area contributed by atoms with Crippen LogP contribution in [0.3, 0.4) is 0 Å². The number of fused-ring (bicyclic) bond motifs is 1. The molecule has 152 valence electrons. The van der Waals surface area contributed by atoms with Gasteiger partial charge in [0.1, 0.15) is 13.2 Å². The van der Waals surface area contributed by atoms with Gasteiger partial charge in [0.25, 0.3) is 0 Å². The average molecular weight is 396 g/mol. The molecule has 1 amide bonds. The molecule has 1 aromatic carbocycles. The van der Waals surface area contributed by atoms with E-state index in [4.69, 9.17) is 18.9 Å². The van der Waals surface area contributed by atoms with Crippen molar-refractivity contribution in [3.8, 4) is 23.1 Å². The van der Waals surface area contributed by atoms with Crippen LogP contribution in [0.4, 0.5) is 0 Å². The lowest BCUT2D eigenvalue weighted by Crippen LogP contribution is -2.20. The lowest BCUT2D eigenvalue weighted by molar-refractivity contribution is -0.116. The molecule has 1 saturated carbocycles. The van der Waals surface area contributed by atoms with Crippen LogP contribution in [0, 0.1) is 5.92 Å². The molecule has 2 heterocycles. The molecule has 1 aromatic heterocycles. The molecule has 4 rings (SSSR count). The molecule has 0 radical (unpaired) electrons. The summed E-state index contributed by atoms with van der Waals surface area (Å²) in [5.41, 5.74) is 1.70. The number of aromatic nitrogens is 1. The number of ether oxygens (including phenoxy) is 4. The Bertz CT molecular complexity index is 874. The molecular formula is C22H24N2O5. The molecule has 0 saturated heterocycles. The van der Waals surface area contributed by atoms with Crippen LogP contribution in [0.15, 0.2) is 36.5 Å². The Morgan fingerprint density at radius 2 is 2.14 bits per heavy atom. The number of benzene rings is 1. The Morgan fingerprint density at radius 1 is 1.28 bits per heavy atom. The molecule has 2 aromatic rings. The smallest absolute Gasteiger partial charge is 0.244 e. The number of carbonyl (C=O) groups is 1. The molecule has 1 fully saturated rings. The fourth-order valence-corrected chi connectivity index (χ4v) is 2.90. The van der Waals surface area contributed by atoms with E-state index in [0.717, 1.165) is 17.7 Å². The van der Waals surface area contributed by atoms with Gasteiger partial charge < -0.3 is 24.3 Å². The fraction of sp³-hybridized carbons (Fsp3) is 0.364. The Hall–Kier alpha value is -3.22. The molecule has 0 bridgehead atoms. The average Bonchev–Trinajstić information content (AvgIpc) is 3.59. The van der Waals surface area contributed by atoms with Crippen molar-refractivity contribution in [2.45, 2.75) is 19.4 Å². The topological polar surface area (TPSA) is 78.9 Å². The van der Waals surface area contributed by atoms with Gasteiger partial charge >= 0.3 is 0 Å². The molecular weight excluding hydrogens is 372 g/mol. The number of amides is 1. The van der Waals surface area contributed by atoms with Gasteiger partial charge in [-0.3, -0.25) is 4.79 Å². The predicted octanol–water partition coefficient (Wildman–Crippen LogP) is 2.98. The Kier molecular flexibility index (Phi) is 5.84. The first-order chi connectivity index (χ1) is 14.2. The summed E-state index contributed by atoms with van der Waals surface area (Å²) in [6.07, 6.45) is 7.40. The molecule has 7 heteroatoms. The SMILES string of the molecule is COc1cc(/C=C/C(=O)NCc2ccc(OCC3CC3)nc2)cc2c1OCCO2. The van der Waals surface area contributed by atoms with Crippen LogP contribution < -0.4 is 24.3 Å². The van der Waals surface area contributed by atoms with Crippen molar-refractivity contribution in [1.29, 1.82) is 0 Å². The maximum absolute atomic E-state index is 12.2. The first-order valence-corrected chi connectivity index (χ1v) is 9.72. The van der Waals surface area contributed by atoms with Crippen LogP contribution in [0.25, 0.3) is 6.08 Å². The lowest BCUT2D eigenvalue weighted by atomic mass is 10.1. The van der Waals surface area contributed by atoms with Crippen molar-refractivity contribution in [3.63, 3.8) is 0 Å². The number of carbonyl (C=O) groups excluding carboxylic acids is 1. The van der Waals surface area contributed by atoms with Crippen LogP contribution in [-0.4, -0.2) is 37.8 Å². The van der Waals surface area contributed by atoms with Crippen LogP contribution in [-0.2, 0) is 11.3 Å². The summed E-state index contributed by atoms with van der Waals surface area (Å²) < 4.78 is 22.2. The largest absolute Gasteiger partial charge is 0.493 e. The number of hydrogen-bond donors (Lipinski definition) is 1. The number of nitrogens with one attached hydrogen (secondary N) is 1. The van der Waals surface area contributed by atoms with Gasteiger partial charge in [-0.2, -0.15) is 0 Å². The second-order valence-corrected chi connectivity index (χ2v) is 7.06. The third-order valence-corrected chi connectivity index (χ3v) is 4.71. The van der Waals surface area contributed by atoms with Gasteiger partial charge in [-0.05, 0) is 48.1 Å². The second kappa shape index (κ2) is 8.86. The van der Waals surface area contributed by atoms with Crippen molar-refractivity contribution in [3.05, 3.63) is 47.7 Å². The van der Waals surface area contributed by atoms with Crippen LogP contribution in [0.5, 0.6) is 23.1 Å². The molecule has 1 aliphatic heterocycles. The first kappa shape index (κ1) is 19.1. The van der Waals surface area contributed by atoms with Gasteiger partial charge in [-0.25, -0.2) is 4.98 Å². The van der Waals surface area contributed by atoms with Crippen LogP contribution >= 0.6 is 0 Å². The summed E-state index contributed by atoms with van der Waals surface area (Å²) >= 11 is 0. The molecule has 1 aliphatic carbocycles. The number of rotatable bonds is 8. The zero-order valence-corrected chi connectivity index (χ0v) is 16.3. The molecule has 2 aliphatic rings. The maximum Gasteiger partial charge on any atom is 0.244 e. The first-order valence-electron chi connectivity index (χ1n) is 9.72. The highest BCUT2D eigenvalue weighted by Gasteiger charge is 2.22. The molecule has 7 nitrogen and oxygen atoms in total. The molecule has 0 spiro atoms. The van der Waals surface area contributed by atoms with E-state index in [-0.39, 0.29) is 5.91 Å². The van der Waals surface area contributed by atoms with Gasteiger partial charge in [-0.15, -0.1) is 0 Å². The third-order valence-electron chi connectivity index (χ3n) is 4.71. The quantitative estimate of drug-likeness (QED) is 0.691.